The van der Waals surface area contributed by atoms with Crippen LogP contribution in [0.15, 0.2) is 28.7 Å². The Labute approximate surface area is 141 Å². The van der Waals surface area contributed by atoms with Crippen molar-refractivity contribution in [2.24, 2.45) is 4.99 Å². The van der Waals surface area contributed by atoms with Crippen LogP contribution in [0.25, 0.3) is 0 Å². The second-order valence-electron chi connectivity index (χ2n) is 4.71. The van der Waals surface area contributed by atoms with Gasteiger partial charge in [0.15, 0.2) is 0 Å². The molecule has 2 aromatic rings. The molecule has 1 amide bonds. The molecule has 0 unspecified atom stereocenters. The zero-order valence-electron chi connectivity index (χ0n) is 11.4. The summed E-state index contributed by atoms with van der Waals surface area (Å²) in [6.07, 6.45) is 3.29. The normalized spacial score (nSPS) is 13.6. The van der Waals surface area contributed by atoms with Gasteiger partial charge in [0.1, 0.15) is 10.7 Å². The van der Waals surface area contributed by atoms with Gasteiger partial charge in [-0.3, -0.25) is 9.79 Å². The van der Waals surface area contributed by atoms with Crippen molar-refractivity contribution >= 4 is 52.6 Å². The highest BCUT2D eigenvalue weighted by atomic mass is 35.5. The largest absolute Gasteiger partial charge is 0.357 e. The van der Waals surface area contributed by atoms with Gasteiger partial charge in [-0.05, 0) is 17.5 Å². The number of aromatic nitrogens is 1. The minimum absolute atomic E-state index is 0.272. The molecule has 114 valence electrons. The van der Waals surface area contributed by atoms with Crippen LogP contribution in [0.1, 0.15) is 15.2 Å². The molecule has 0 fully saturated rings. The SMILES string of the molecule is O=C(Nc1ccc(Cl)cn1)c1scc(CN2C=NCC2)c1Cl. The summed E-state index contributed by atoms with van der Waals surface area (Å²) < 4.78 is 0. The Morgan fingerprint density at radius 1 is 1.41 bits per heavy atom. The lowest BCUT2D eigenvalue weighted by atomic mass is 10.3. The molecule has 0 saturated carbocycles. The van der Waals surface area contributed by atoms with Crippen LogP contribution in [-0.4, -0.2) is 35.2 Å². The van der Waals surface area contributed by atoms with E-state index in [1.807, 2.05) is 11.7 Å². The van der Waals surface area contributed by atoms with Gasteiger partial charge in [0.25, 0.3) is 5.91 Å². The fourth-order valence-electron chi connectivity index (χ4n) is 2.02. The molecular weight excluding hydrogens is 343 g/mol. The van der Waals surface area contributed by atoms with Gasteiger partial charge in [0, 0.05) is 24.8 Å². The van der Waals surface area contributed by atoms with E-state index in [-0.39, 0.29) is 5.91 Å². The van der Waals surface area contributed by atoms with E-state index in [1.165, 1.54) is 17.5 Å². The molecule has 8 heteroatoms. The number of carbonyl (C=O) groups is 1. The average molecular weight is 355 g/mol. The summed E-state index contributed by atoms with van der Waals surface area (Å²) in [5.74, 6) is 0.165. The summed E-state index contributed by atoms with van der Waals surface area (Å²) in [5.41, 5.74) is 0.925. The predicted octanol–water partition coefficient (Wildman–Crippen LogP) is 3.55. The van der Waals surface area contributed by atoms with Crippen LogP contribution in [0.2, 0.25) is 10.0 Å². The maximum absolute atomic E-state index is 12.3. The molecule has 0 radical (unpaired) electrons. The zero-order valence-corrected chi connectivity index (χ0v) is 13.8. The molecule has 0 saturated heterocycles. The summed E-state index contributed by atoms with van der Waals surface area (Å²) in [6, 6.07) is 3.31. The number of nitrogens with one attached hydrogen (secondary N) is 1. The first kappa shape index (κ1) is 15.3. The summed E-state index contributed by atoms with van der Waals surface area (Å²) >= 11 is 13.4. The van der Waals surface area contributed by atoms with Crippen LogP contribution in [0.5, 0.6) is 0 Å². The molecule has 0 spiro atoms. The topological polar surface area (TPSA) is 57.6 Å². The third-order valence-corrected chi connectivity index (χ3v) is 4.91. The third-order valence-electron chi connectivity index (χ3n) is 3.11. The van der Waals surface area contributed by atoms with Crippen molar-refractivity contribution in [2.45, 2.75) is 6.54 Å². The molecule has 5 nitrogen and oxygen atoms in total. The Kier molecular flexibility index (Phi) is 4.61. The number of hydrogen-bond acceptors (Lipinski definition) is 5. The van der Waals surface area contributed by atoms with Crippen molar-refractivity contribution < 1.29 is 4.79 Å². The van der Waals surface area contributed by atoms with Crippen LogP contribution in [0, 0.1) is 0 Å². The van der Waals surface area contributed by atoms with E-state index >= 15 is 0 Å². The van der Waals surface area contributed by atoms with Crippen molar-refractivity contribution in [2.75, 3.05) is 18.4 Å². The molecule has 2 aromatic heterocycles. The van der Waals surface area contributed by atoms with Crippen LogP contribution in [0.4, 0.5) is 5.82 Å². The molecular formula is C14H12Cl2N4OS. The minimum Gasteiger partial charge on any atom is -0.357 e. The van der Waals surface area contributed by atoms with Gasteiger partial charge < -0.3 is 10.2 Å². The first-order chi connectivity index (χ1) is 10.6. The van der Waals surface area contributed by atoms with Gasteiger partial charge in [0.05, 0.1) is 22.9 Å². The predicted molar refractivity (Wildman–Crippen MR) is 90.3 cm³/mol. The smallest absolute Gasteiger partial charge is 0.268 e. The minimum atomic E-state index is -0.272. The molecule has 3 heterocycles. The number of nitrogens with zero attached hydrogens (tertiary/aromatic N) is 3. The number of hydrogen-bond donors (Lipinski definition) is 1. The van der Waals surface area contributed by atoms with E-state index in [0.29, 0.717) is 27.3 Å². The van der Waals surface area contributed by atoms with Gasteiger partial charge >= 0.3 is 0 Å². The lowest BCUT2D eigenvalue weighted by molar-refractivity contribution is 0.103. The van der Waals surface area contributed by atoms with E-state index in [2.05, 4.69) is 20.2 Å². The van der Waals surface area contributed by atoms with E-state index in [1.54, 1.807) is 12.1 Å². The van der Waals surface area contributed by atoms with Crippen LogP contribution in [-0.2, 0) is 6.54 Å². The van der Waals surface area contributed by atoms with Crippen molar-refractivity contribution in [1.29, 1.82) is 0 Å². The number of amides is 1. The summed E-state index contributed by atoms with van der Waals surface area (Å²) in [5, 5.41) is 5.61. The lowest BCUT2D eigenvalue weighted by Crippen LogP contribution is -2.18. The highest BCUT2D eigenvalue weighted by Crippen LogP contribution is 2.29. The quantitative estimate of drug-likeness (QED) is 0.913. The van der Waals surface area contributed by atoms with Crippen molar-refractivity contribution in [3.8, 4) is 0 Å². The van der Waals surface area contributed by atoms with Gasteiger partial charge in [-0.15, -0.1) is 11.3 Å². The van der Waals surface area contributed by atoms with Crippen LogP contribution < -0.4 is 5.32 Å². The first-order valence-corrected chi connectivity index (χ1v) is 8.20. The number of pyridine rings is 1. The Balaban J connectivity index is 1.71. The van der Waals surface area contributed by atoms with Gasteiger partial charge in [-0.1, -0.05) is 23.2 Å². The summed E-state index contributed by atoms with van der Waals surface area (Å²) in [6.45, 7) is 2.34. The van der Waals surface area contributed by atoms with Gasteiger partial charge in [0.2, 0.25) is 0 Å². The molecule has 0 bridgehead atoms. The molecule has 0 aliphatic carbocycles. The first-order valence-electron chi connectivity index (χ1n) is 6.56. The third kappa shape index (κ3) is 3.40. The van der Waals surface area contributed by atoms with Crippen LogP contribution >= 0.6 is 34.5 Å². The molecule has 0 aromatic carbocycles. The number of carbonyl (C=O) groups excluding carboxylic acids is 1. The van der Waals surface area contributed by atoms with Crippen molar-refractivity contribution in [3.63, 3.8) is 0 Å². The zero-order chi connectivity index (χ0) is 15.5. The van der Waals surface area contributed by atoms with Gasteiger partial charge in [-0.2, -0.15) is 0 Å². The molecule has 0 atom stereocenters. The van der Waals surface area contributed by atoms with Crippen LogP contribution in [0.3, 0.4) is 0 Å². The second kappa shape index (κ2) is 6.64. The Bertz CT molecular complexity index is 714. The number of anilines is 1. The number of halogens is 2. The van der Waals surface area contributed by atoms with Gasteiger partial charge in [-0.25, -0.2) is 4.98 Å². The molecule has 1 aliphatic rings. The summed E-state index contributed by atoms with van der Waals surface area (Å²) in [7, 11) is 0. The fourth-order valence-corrected chi connectivity index (χ4v) is 3.37. The standard InChI is InChI=1S/C14H12Cl2N4OS/c15-10-1-2-11(18-5-10)19-14(21)13-12(16)9(7-22-13)6-20-4-3-17-8-20/h1-2,5,7-8H,3-4,6H2,(H,18,19,21). The van der Waals surface area contributed by atoms with E-state index in [9.17, 15) is 4.79 Å². The highest BCUT2D eigenvalue weighted by Gasteiger charge is 2.18. The summed E-state index contributed by atoms with van der Waals surface area (Å²) in [4.78, 5) is 23.0. The molecule has 3 rings (SSSR count). The Morgan fingerprint density at radius 2 is 2.27 bits per heavy atom. The second-order valence-corrected chi connectivity index (χ2v) is 6.41. The average Bonchev–Trinajstić information content (AvgIpc) is 3.13. The Hall–Kier alpha value is -1.63. The van der Waals surface area contributed by atoms with Crippen molar-refractivity contribution in [1.82, 2.24) is 9.88 Å². The maximum Gasteiger partial charge on any atom is 0.268 e. The highest BCUT2D eigenvalue weighted by molar-refractivity contribution is 7.13. The number of thiophene rings is 1. The van der Waals surface area contributed by atoms with E-state index in [4.69, 9.17) is 23.2 Å². The maximum atomic E-state index is 12.3. The molecule has 1 N–H and O–H groups in total. The molecule has 1 aliphatic heterocycles. The van der Waals surface area contributed by atoms with E-state index < -0.39 is 0 Å². The monoisotopic (exact) mass is 354 g/mol. The fraction of sp³-hybridized carbons (Fsp3) is 0.214. The Morgan fingerprint density at radius 3 is 2.95 bits per heavy atom. The van der Waals surface area contributed by atoms with E-state index in [0.717, 1.165) is 18.7 Å². The number of rotatable bonds is 4. The lowest BCUT2D eigenvalue weighted by Gasteiger charge is -2.12. The number of aliphatic imine (C=N–C) groups is 1. The molecule has 22 heavy (non-hydrogen) atoms. The van der Waals surface area contributed by atoms with Crippen molar-refractivity contribution in [3.05, 3.63) is 44.2 Å².